The van der Waals surface area contributed by atoms with E-state index >= 15 is 0 Å². The van der Waals surface area contributed by atoms with Crippen molar-refractivity contribution in [2.24, 2.45) is 0 Å². The van der Waals surface area contributed by atoms with E-state index in [-0.39, 0.29) is 5.56 Å². The lowest BCUT2D eigenvalue weighted by Crippen LogP contribution is -2.36. The number of amides is 1. The predicted octanol–water partition coefficient (Wildman–Crippen LogP) is 2.73. The smallest absolute Gasteiger partial charge is 0.268 e. The fourth-order valence-electron chi connectivity index (χ4n) is 2.67. The third-order valence-electron chi connectivity index (χ3n) is 4.18. The van der Waals surface area contributed by atoms with E-state index in [2.05, 4.69) is 26.5 Å². The highest BCUT2D eigenvalue weighted by atomic mass is 79.9. The first-order valence-electron chi connectivity index (χ1n) is 8.12. The second kappa shape index (κ2) is 7.60. The number of pyridine rings is 1. The highest BCUT2D eigenvalue weighted by Crippen LogP contribution is 2.20. The Hall–Kier alpha value is -3.18. The van der Waals surface area contributed by atoms with Gasteiger partial charge in [-0.3, -0.25) is 19.7 Å². The van der Waals surface area contributed by atoms with Crippen molar-refractivity contribution in [1.82, 2.24) is 14.5 Å². The quantitative estimate of drug-likeness (QED) is 0.695. The molecule has 7 nitrogen and oxygen atoms in total. The average Bonchev–Trinajstić information content (AvgIpc) is 3.13. The Bertz CT molecular complexity index is 1110. The molecule has 1 N–H and O–H groups in total. The number of rotatable bonds is 4. The summed E-state index contributed by atoms with van der Waals surface area (Å²) in [5.41, 5.74) is 4.37. The highest BCUT2D eigenvalue weighted by molar-refractivity contribution is 9.10. The van der Waals surface area contributed by atoms with Gasteiger partial charge in [0.25, 0.3) is 11.5 Å². The zero-order chi connectivity index (χ0) is 19.6. The number of nitrogens with zero attached hydrogens (tertiary/aromatic N) is 4. The van der Waals surface area contributed by atoms with Gasteiger partial charge in [-0.2, -0.15) is 10.4 Å². The number of halogens is 1. The molecule has 27 heavy (non-hydrogen) atoms. The van der Waals surface area contributed by atoms with E-state index in [4.69, 9.17) is 0 Å². The lowest BCUT2D eigenvalue weighted by Gasteiger charge is -2.14. The van der Waals surface area contributed by atoms with E-state index in [0.717, 1.165) is 10.2 Å². The first-order valence-corrected chi connectivity index (χ1v) is 8.91. The lowest BCUT2D eigenvalue weighted by atomic mass is 10.1. The van der Waals surface area contributed by atoms with Gasteiger partial charge in [0.2, 0.25) is 0 Å². The SMILES string of the molecule is Cc1c(Br)c(C)n(NC(=O)c2cnn(Cc3ccccc3)c2)c(=O)c1C#N. The van der Waals surface area contributed by atoms with Crippen LogP contribution < -0.4 is 11.0 Å². The van der Waals surface area contributed by atoms with Crippen molar-refractivity contribution >= 4 is 21.8 Å². The van der Waals surface area contributed by atoms with Crippen LogP contribution in [0.2, 0.25) is 0 Å². The second-order valence-electron chi connectivity index (χ2n) is 6.00. The van der Waals surface area contributed by atoms with E-state index in [0.29, 0.717) is 27.8 Å². The van der Waals surface area contributed by atoms with Gasteiger partial charge in [0.05, 0.1) is 24.0 Å². The van der Waals surface area contributed by atoms with Crippen LogP contribution in [0.5, 0.6) is 0 Å². The van der Waals surface area contributed by atoms with Gasteiger partial charge in [0.1, 0.15) is 11.6 Å². The summed E-state index contributed by atoms with van der Waals surface area (Å²) in [5, 5.41) is 13.4. The van der Waals surface area contributed by atoms with E-state index in [1.807, 2.05) is 36.4 Å². The molecule has 0 unspecified atom stereocenters. The van der Waals surface area contributed by atoms with Crippen molar-refractivity contribution in [1.29, 1.82) is 5.26 Å². The minimum absolute atomic E-state index is 0.0208. The summed E-state index contributed by atoms with van der Waals surface area (Å²) in [6, 6.07) is 11.6. The molecule has 0 aliphatic carbocycles. The topological polar surface area (TPSA) is 92.7 Å². The molecule has 136 valence electrons. The Labute approximate surface area is 164 Å². The molecule has 0 aliphatic heterocycles. The van der Waals surface area contributed by atoms with Crippen molar-refractivity contribution in [2.45, 2.75) is 20.4 Å². The molecule has 0 saturated heterocycles. The molecule has 1 aromatic carbocycles. The van der Waals surface area contributed by atoms with Gasteiger partial charge in [-0.1, -0.05) is 30.3 Å². The van der Waals surface area contributed by atoms with Gasteiger partial charge in [-0.25, -0.2) is 4.68 Å². The molecule has 2 aromatic heterocycles. The van der Waals surface area contributed by atoms with Crippen LogP contribution >= 0.6 is 15.9 Å². The number of aromatic nitrogens is 3. The minimum Gasteiger partial charge on any atom is -0.268 e. The zero-order valence-electron chi connectivity index (χ0n) is 14.7. The number of nitrogens with one attached hydrogen (secondary N) is 1. The summed E-state index contributed by atoms with van der Waals surface area (Å²) in [6.07, 6.45) is 3.05. The zero-order valence-corrected chi connectivity index (χ0v) is 16.3. The Balaban J connectivity index is 1.86. The number of carbonyl (C=O) groups is 1. The summed E-state index contributed by atoms with van der Waals surface area (Å²) in [5.74, 6) is -0.487. The van der Waals surface area contributed by atoms with Gasteiger partial charge in [0.15, 0.2) is 0 Å². The summed E-state index contributed by atoms with van der Waals surface area (Å²) < 4.78 is 3.32. The van der Waals surface area contributed by atoms with Crippen LogP contribution in [-0.2, 0) is 6.54 Å². The number of benzene rings is 1. The average molecular weight is 426 g/mol. The molecule has 8 heteroatoms. The largest absolute Gasteiger partial charge is 0.287 e. The minimum atomic E-state index is -0.569. The second-order valence-corrected chi connectivity index (χ2v) is 6.80. The Kier molecular flexibility index (Phi) is 5.23. The molecule has 0 bridgehead atoms. The Morgan fingerprint density at radius 2 is 2.00 bits per heavy atom. The number of hydrogen-bond donors (Lipinski definition) is 1. The van der Waals surface area contributed by atoms with Crippen molar-refractivity contribution < 1.29 is 4.79 Å². The molecule has 0 aliphatic rings. The monoisotopic (exact) mass is 425 g/mol. The highest BCUT2D eigenvalue weighted by Gasteiger charge is 2.18. The molecule has 3 rings (SSSR count). The Morgan fingerprint density at radius 1 is 1.30 bits per heavy atom. The van der Waals surface area contributed by atoms with Gasteiger partial charge in [0, 0.05) is 10.7 Å². The van der Waals surface area contributed by atoms with Crippen LogP contribution in [0.3, 0.4) is 0 Å². The first-order chi connectivity index (χ1) is 12.9. The molecule has 0 fully saturated rings. The van der Waals surface area contributed by atoms with E-state index in [1.165, 1.54) is 6.20 Å². The van der Waals surface area contributed by atoms with Crippen molar-refractivity contribution in [3.8, 4) is 6.07 Å². The fraction of sp³-hybridized carbons (Fsp3) is 0.158. The lowest BCUT2D eigenvalue weighted by molar-refractivity contribution is 0.101. The molecular weight excluding hydrogens is 410 g/mol. The van der Waals surface area contributed by atoms with Crippen molar-refractivity contribution in [3.63, 3.8) is 0 Å². The third-order valence-corrected chi connectivity index (χ3v) is 5.35. The number of hydrogen-bond acceptors (Lipinski definition) is 4. The third kappa shape index (κ3) is 3.68. The molecule has 0 radical (unpaired) electrons. The van der Waals surface area contributed by atoms with Crippen LogP contribution in [0.4, 0.5) is 0 Å². The standard InChI is InChI=1S/C19H16BrN5O2/c1-12-16(8-21)19(27)25(13(2)17(12)20)23-18(26)15-9-22-24(11-15)10-14-6-4-3-5-7-14/h3-7,9,11H,10H2,1-2H3,(H,23,26). The van der Waals surface area contributed by atoms with Crippen LogP contribution in [0.15, 0.2) is 52.0 Å². The van der Waals surface area contributed by atoms with E-state index in [9.17, 15) is 14.9 Å². The summed E-state index contributed by atoms with van der Waals surface area (Å²) >= 11 is 3.36. The predicted molar refractivity (Wildman–Crippen MR) is 104 cm³/mol. The molecule has 2 heterocycles. The van der Waals surface area contributed by atoms with E-state index < -0.39 is 11.5 Å². The Morgan fingerprint density at radius 3 is 2.67 bits per heavy atom. The van der Waals surface area contributed by atoms with Crippen molar-refractivity contribution in [2.75, 3.05) is 5.43 Å². The van der Waals surface area contributed by atoms with Gasteiger partial charge >= 0.3 is 0 Å². The summed E-state index contributed by atoms with van der Waals surface area (Å²) in [4.78, 5) is 25.0. The first kappa shape index (κ1) is 18.6. The van der Waals surface area contributed by atoms with E-state index in [1.54, 1.807) is 24.7 Å². The van der Waals surface area contributed by atoms with Crippen LogP contribution in [-0.4, -0.2) is 20.4 Å². The maximum absolute atomic E-state index is 12.6. The summed E-state index contributed by atoms with van der Waals surface area (Å²) in [6.45, 7) is 3.89. The fourth-order valence-corrected chi connectivity index (χ4v) is 3.05. The molecular formula is C19H16BrN5O2. The number of nitriles is 1. The number of carbonyl (C=O) groups excluding carboxylic acids is 1. The van der Waals surface area contributed by atoms with Gasteiger partial charge in [-0.05, 0) is 40.9 Å². The summed E-state index contributed by atoms with van der Waals surface area (Å²) in [7, 11) is 0. The maximum Gasteiger partial charge on any atom is 0.287 e. The van der Waals surface area contributed by atoms with Crippen LogP contribution in [0.25, 0.3) is 0 Å². The molecule has 1 amide bonds. The molecule has 3 aromatic rings. The van der Waals surface area contributed by atoms with Crippen LogP contribution in [0, 0.1) is 25.2 Å². The van der Waals surface area contributed by atoms with Gasteiger partial charge < -0.3 is 0 Å². The molecule has 0 saturated carbocycles. The van der Waals surface area contributed by atoms with Gasteiger partial charge in [-0.15, -0.1) is 0 Å². The van der Waals surface area contributed by atoms with Crippen LogP contribution in [0.1, 0.15) is 32.7 Å². The molecule has 0 spiro atoms. The normalized spacial score (nSPS) is 10.4. The molecule has 0 atom stereocenters. The maximum atomic E-state index is 12.6. The van der Waals surface area contributed by atoms with Crippen molar-refractivity contribution in [3.05, 3.63) is 85.5 Å².